The molecule has 0 saturated heterocycles. The van der Waals surface area contributed by atoms with Crippen molar-refractivity contribution in [1.29, 1.82) is 0 Å². The molecule has 3 aromatic rings. The summed E-state index contributed by atoms with van der Waals surface area (Å²) >= 11 is 0. The van der Waals surface area contributed by atoms with E-state index in [1.165, 1.54) is 25.0 Å². The number of nitrogens with two attached hydrogens (primary N) is 1. The molecule has 2 fully saturated rings. The third kappa shape index (κ3) is 4.34. The number of anilines is 3. The third-order valence-electron chi connectivity index (χ3n) is 6.78. The zero-order valence-electron chi connectivity index (χ0n) is 18.2. The molecule has 1 amide bonds. The van der Waals surface area contributed by atoms with Gasteiger partial charge in [0.2, 0.25) is 17.8 Å². The second-order valence-corrected chi connectivity index (χ2v) is 8.97. The van der Waals surface area contributed by atoms with Gasteiger partial charge in [-0.05, 0) is 50.7 Å². The number of amides is 1. The molecule has 8 nitrogen and oxygen atoms in total. The van der Waals surface area contributed by atoms with Crippen LogP contribution in [0.3, 0.4) is 0 Å². The lowest BCUT2D eigenvalue weighted by Crippen LogP contribution is -2.29. The number of halogens is 2. The van der Waals surface area contributed by atoms with E-state index in [9.17, 15) is 13.6 Å². The first-order valence-electron chi connectivity index (χ1n) is 11.5. The van der Waals surface area contributed by atoms with Gasteiger partial charge in [0.05, 0.1) is 11.9 Å². The van der Waals surface area contributed by atoms with Crippen LogP contribution in [0.4, 0.5) is 26.4 Å². The minimum Gasteiger partial charge on any atom is -0.369 e. The molecule has 0 bridgehead atoms. The minimum absolute atomic E-state index is 0.00496. The van der Waals surface area contributed by atoms with Crippen LogP contribution < -0.4 is 16.4 Å². The van der Waals surface area contributed by atoms with Crippen LogP contribution in [-0.2, 0) is 4.79 Å². The molecule has 2 aromatic heterocycles. The second kappa shape index (κ2) is 8.92. The standard InChI is InChI=1S/C23H27F2N7O/c24-16-6-3-7-17(19(16)25)29-23-30-18-12-27-22(28-14-4-1-2-5-14)31-21(18)32(23)15-10-8-13(9-11-15)20(26)33/h3,6-7,12-15H,1-2,4-5,8-11H2,(H2,26,33)(H,29,30)(H,27,28,31)/t13-,15+. The lowest BCUT2D eigenvalue weighted by molar-refractivity contribution is -0.122. The zero-order valence-corrected chi connectivity index (χ0v) is 18.2. The molecule has 2 saturated carbocycles. The quantitative estimate of drug-likeness (QED) is 0.508. The van der Waals surface area contributed by atoms with Crippen molar-refractivity contribution in [2.75, 3.05) is 10.6 Å². The number of nitrogens with one attached hydrogen (secondary N) is 2. The normalized spacial score (nSPS) is 21.4. The smallest absolute Gasteiger partial charge is 0.224 e. The van der Waals surface area contributed by atoms with E-state index in [1.54, 1.807) is 6.20 Å². The predicted octanol–water partition coefficient (Wildman–Crippen LogP) is 4.42. The first-order chi connectivity index (χ1) is 16.0. The van der Waals surface area contributed by atoms with Crippen LogP contribution in [0.5, 0.6) is 0 Å². The molecule has 5 rings (SSSR count). The van der Waals surface area contributed by atoms with Crippen molar-refractivity contribution < 1.29 is 13.6 Å². The molecule has 0 atom stereocenters. The summed E-state index contributed by atoms with van der Waals surface area (Å²) in [6, 6.07) is 4.31. The molecule has 0 spiro atoms. The van der Waals surface area contributed by atoms with E-state index in [1.807, 2.05) is 4.57 Å². The number of rotatable bonds is 6. The summed E-state index contributed by atoms with van der Waals surface area (Å²) in [5.41, 5.74) is 6.68. The number of hydrogen-bond donors (Lipinski definition) is 3. The van der Waals surface area contributed by atoms with Gasteiger partial charge >= 0.3 is 0 Å². The van der Waals surface area contributed by atoms with Gasteiger partial charge in [0, 0.05) is 18.0 Å². The molecule has 4 N–H and O–H groups in total. The number of carbonyl (C=O) groups is 1. The first kappa shape index (κ1) is 21.5. The summed E-state index contributed by atoms with van der Waals surface area (Å²) in [7, 11) is 0. The maximum atomic E-state index is 14.4. The van der Waals surface area contributed by atoms with Crippen LogP contribution in [0.15, 0.2) is 24.4 Å². The number of fused-ring (bicyclic) bond motifs is 1. The van der Waals surface area contributed by atoms with Crippen molar-refractivity contribution in [3.63, 3.8) is 0 Å². The topological polar surface area (TPSA) is 111 Å². The summed E-state index contributed by atoms with van der Waals surface area (Å²) in [6.07, 6.45) is 8.93. The maximum absolute atomic E-state index is 14.4. The molecule has 2 aliphatic rings. The van der Waals surface area contributed by atoms with Crippen molar-refractivity contribution in [3.05, 3.63) is 36.0 Å². The van der Waals surface area contributed by atoms with Gasteiger partial charge < -0.3 is 16.4 Å². The van der Waals surface area contributed by atoms with Gasteiger partial charge in [0.15, 0.2) is 17.3 Å². The van der Waals surface area contributed by atoms with Gasteiger partial charge in [-0.1, -0.05) is 18.9 Å². The summed E-state index contributed by atoms with van der Waals surface area (Å²) in [5.74, 6) is -1.44. The highest BCUT2D eigenvalue weighted by Crippen LogP contribution is 2.37. The second-order valence-electron chi connectivity index (χ2n) is 8.97. The van der Waals surface area contributed by atoms with Crippen molar-refractivity contribution in [2.45, 2.75) is 63.5 Å². The summed E-state index contributed by atoms with van der Waals surface area (Å²) in [6.45, 7) is 0. The van der Waals surface area contributed by atoms with Crippen LogP contribution in [-0.4, -0.2) is 31.5 Å². The molecule has 10 heteroatoms. The molecule has 1 aromatic carbocycles. The van der Waals surface area contributed by atoms with Crippen molar-refractivity contribution in [2.24, 2.45) is 11.7 Å². The van der Waals surface area contributed by atoms with Crippen LogP contribution in [0.2, 0.25) is 0 Å². The number of carbonyl (C=O) groups excluding carboxylic acids is 1. The minimum atomic E-state index is -0.969. The third-order valence-corrected chi connectivity index (χ3v) is 6.78. The lowest BCUT2D eigenvalue weighted by Gasteiger charge is -2.29. The van der Waals surface area contributed by atoms with Crippen LogP contribution in [0, 0.1) is 17.6 Å². The number of aromatic nitrogens is 4. The fourth-order valence-electron chi connectivity index (χ4n) is 4.99. The Balaban J connectivity index is 1.52. The number of nitrogens with zero attached hydrogens (tertiary/aromatic N) is 4. The van der Waals surface area contributed by atoms with E-state index in [4.69, 9.17) is 10.7 Å². The highest BCUT2D eigenvalue weighted by Gasteiger charge is 2.29. The number of primary amides is 1. The van der Waals surface area contributed by atoms with E-state index in [-0.39, 0.29) is 23.6 Å². The van der Waals surface area contributed by atoms with Gasteiger partial charge in [0.1, 0.15) is 5.52 Å². The lowest BCUT2D eigenvalue weighted by atomic mass is 9.85. The van der Waals surface area contributed by atoms with E-state index >= 15 is 0 Å². The number of hydrogen-bond acceptors (Lipinski definition) is 6. The summed E-state index contributed by atoms with van der Waals surface area (Å²) in [4.78, 5) is 25.4. The molecular formula is C23H27F2N7O. The van der Waals surface area contributed by atoms with Crippen LogP contribution >= 0.6 is 0 Å². The van der Waals surface area contributed by atoms with Gasteiger partial charge in [-0.25, -0.2) is 18.7 Å². The predicted molar refractivity (Wildman–Crippen MR) is 121 cm³/mol. The molecule has 174 valence electrons. The molecule has 0 radical (unpaired) electrons. The Bertz CT molecular complexity index is 1170. The van der Waals surface area contributed by atoms with Gasteiger partial charge in [-0.2, -0.15) is 4.98 Å². The zero-order chi connectivity index (χ0) is 22.9. The van der Waals surface area contributed by atoms with E-state index in [2.05, 4.69) is 20.6 Å². The Morgan fingerprint density at radius 3 is 2.55 bits per heavy atom. The fourth-order valence-corrected chi connectivity index (χ4v) is 4.99. The molecule has 2 aliphatic carbocycles. The number of benzene rings is 1. The molecule has 33 heavy (non-hydrogen) atoms. The highest BCUT2D eigenvalue weighted by molar-refractivity contribution is 5.78. The molecule has 0 unspecified atom stereocenters. The Morgan fingerprint density at radius 2 is 1.82 bits per heavy atom. The largest absolute Gasteiger partial charge is 0.369 e. The molecular weight excluding hydrogens is 428 g/mol. The molecule has 2 heterocycles. The van der Waals surface area contributed by atoms with E-state index in [0.29, 0.717) is 54.8 Å². The van der Waals surface area contributed by atoms with Crippen LogP contribution in [0.25, 0.3) is 11.2 Å². The van der Waals surface area contributed by atoms with Gasteiger partial charge in [-0.15, -0.1) is 0 Å². The van der Waals surface area contributed by atoms with E-state index < -0.39 is 11.6 Å². The van der Waals surface area contributed by atoms with Crippen LogP contribution in [0.1, 0.15) is 57.4 Å². The van der Waals surface area contributed by atoms with Gasteiger partial charge in [-0.3, -0.25) is 9.36 Å². The average molecular weight is 456 g/mol. The summed E-state index contributed by atoms with van der Waals surface area (Å²) < 4.78 is 30.1. The fraction of sp³-hybridized carbons (Fsp3) is 0.478. The monoisotopic (exact) mass is 455 g/mol. The average Bonchev–Trinajstić information content (AvgIpc) is 3.44. The van der Waals surface area contributed by atoms with E-state index in [0.717, 1.165) is 18.9 Å². The van der Waals surface area contributed by atoms with Gasteiger partial charge in [0.25, 0.3) is 0 Å². The Kier molecular flexibility index (Phi) is 5.82. The Morgan fingerprint density at radius 1 is 1.06 bits per heavy atom. The number of imidazole rings is 1. The maximum Gasteiger partial charge on any atom is 0.224 e. The molecule has 0 aliphatic heterocycles. The Hall–Kier alpha value is -3.30. The summed E-state index contributed by atoms with van der Waals surface area (Å²) in [5, 5.41) is 6.36. The Labute approximate surface area is 190 Å². The highest BCUT2D eigenvalue weighted by atomic mass is 19.2. The SMILES string of the molecule is NC(=O)[C@H]1CC[C@@H](n2c(Nc3cccc(F)c3F)nc3cnc(NC4CCCC4)nc32)CC1. The van der Waals surface area contributed by atoms with Crippen molar-refractivity contribution in [1.82, 2.24) is 19.5 Å². The first-order valence-corrected chi connectivity index (χ1v) is 11.5. The van der Waals surface area contributed by atoms with Crippen molar-refractivity contribution >= 4 is 34.7 Å². The van der Waals surface area contributed by atoms with Crippen molar-refractivity contribution in [3.8, 4) is 0 Å².